The van der Waals surface area contributed by atoms with Gasteiger partial charge in [-0.1, -0.05) is 0 Å². The van der Waals surface area contributed by atoms with Gasteiger partial charge in [0, 0.05) is 19.1 Å². The highest BCUT2D eigenvalue weighted by Gasteiger charge is 2.33. The average Bonchev–Trinajstić information content (AvgIpc) is 2.54. The molecule has 0 unspecified atom stereocenters. The molecule has 0 aromatic heterocycles. The van der Waals surface area contributed by atoms with E-state index in [9.17, 15) is 4.79 Å². The van der Waals surface area contributed by atoms with Gasteiger partial charge in [0.2, 0.25) is 5.91 Å². The molecule has 0 aromatic carbocycles. The molecule has 1 aliphatic rings. The van der Waals surface area contributed by atoms with Crippen molar-refractivity contribution in [1.82, 2.24) is 9.80 Å². The lowest BCUT2D eigenvalue weighted by Crippen LogP contribution is -2.45. The molecule has 0 radical (unpaired) electrons. The first-order chi connectivity index (χ1) is 7.47. The fraction of sp³-hybridized carbons (Fsp3) is 0.917. The van der Waals surface area contributed by atoms with Crippen LogP contribution in [0.5, 0.6) is 0 Å². The zero-order chi connectivity index (χ0) is 12.2. The molecule has 1 saturated heterocycles. The van der Waals surface area contributed by atoms with Gasteiger partial charge in [0.15, 0.2) is 0 Å². The zero-order valence-corrected chi connectivity index (χ0v) is 10.8. The second-order valence-corrected chi connectivity index (χ2v) is 5.30. The molecule has 16 heavy (non-hydrogen) atoms. The van der Waals surface area contributed by atoms with Crippen LogP contribution in [-0.4, -0.2) is 54.5 Å². The number of rotatable bonds is 5. The summed E-state index contributed by atoms with van der Waals surface area (Å²) in [6.45, 7) is 7.44. The van der Waals surface area contributed by atoms with Crippen LogP contribution in [0.15, 0.2) is 0 Å². The number of hydrogen-bond donors (Lipinski definition) is 1. The number of amides is 1. The van der Waals surface area contributed by atoms with E-state index in [1.165, 1.54) is 12.8 Å². The lowest BCUT2D eigenvalue weighted by atomic mass is 10.0. The van der Waals surface area contributed by atoms with Crippen LogP contribution in [0.2, 0.25) is 0 Å². The number of hydrogen-bond acceptors (Lipinski definition) is 3. The molecule has 1 amide bonds. The van der Waals surface area contributed by atoms with Crippen LogP contribution in [0.4, 0.5) is 0 Å². The molecular weight excluding hydrogens is 202 g/mol. The van der Waals surface area contributed by atoms with Gasteiger partial charge in [0.05, 0.1) is 6.54 Å². The summed E-state index contributed by atoms with van der Waals surface area (Å²) < 4.78 is 0. The molecule has 0 aliphatic carbocycles. The van der Waals surface area contributed by atoms with Crippen molar-refractivity contribution >= 4 is 5.91 Å². The Morgan fingerprint density at radius 1 is 1.50 bits per heavy atom. The van der Waals surface area contributed by atoms with E-state index in [-0.39, 0.29) is 11.4 Å². The minimum absolute atomic E-state index is 0.185. The first-order valence-corrected chi connectivity index (χ1v) is 6.16. The zero-order valence-electron chi connectivity index (χ0n) is 10.8. The molecule has 0 atom stereocenters. The standard InChI is InChI=1S/C12H25N3O/c1-12(2)6-4-9-15(12)10-11(16)14(3)8-5-7-13/h4-10,13H2,1-3H3. The quantitative estimate of drug-likeness (QED) is 0.751. The van der Waals surface area contributed by atoms with Crippen LogP contribution in [0.3, 0.4) is 0 Å². The number of carbonyl (C=O) groups is 1. The fourth-order valence-electron chi connectivity index (χ4n) is 2.19. The van der Waals surface area contributed by atoms with Crippen LogP contribution >= 0.6 is 0 Å². The van der Waals surface area contributed by atoms with Crippen molar-refractivity contribution in [2.75, 3.05) is 33.2 Å². The van der Waals surface area contributed by atoms with Gasteiger partial charge in [-0.2, -0.15) is 0 Å². The van der Waals surface area contributed by atoms with Crippen molar-refractivity contribution in [3.8, 4) is 0 Å². The molecule has 0 aromatic rings. The Morgan fingerprint density at radius 3 is 2.69 bits per heavy atom. The summed E-state index contributed by atoms with van der Waals surface area (Å²) in [4.78, 5) is 16.0. The second kappa shape index (κ2) is 5.64. The SMILES string of the molecule is CN(CCCN)C(=O)CN1CCCC1(C)C. The number of nitrogens with zero attached hydrogens (tertiary/aromatic N) is 2. The van der Waals surface area contributed by atoms with Gasteiger partial charge >= 0.3 is 0 Å². The number of likely N-dealkylation sites (N-methyl/N-ethyl adjacent to an activating group) is 1. The monoisotopic (exact) mass is 227 g/mol. The van der Waals surface area contributed by atoms with Crippen LogP contribution in [0.1, 0.15) is 33.1 Å². The van der Waals surface area contributed by atoms with Crippen molar-refractivity contribution in [2.45, 2.75) is 38.6 Å². The molecule has 0 bridgehead atoms. The maximum atomic E-state index is 11.9. The molecule has 0 spiro atoms. The number of likely N-dealkylation sites (tertiary alicyclic amines) is 1. The highest BCUT2D eigenvalue weighted by molar-refractivity contribution is 5.78. The summed E-state index contributed by atoms with van der Waals surface area (Å²) >= 11 is 0. The normalized spacial score (nSPS) is 20.0. The maximum Gasteiger partial charge on any atom is 0.236 e. The van der Waals surface area contributed by atoms with Crippen molar-refractivity contribution in [1.29, 1.82) is 0 Å². The lowest BCUT2D eigenvalue weighted by molar-refractivity contribution is -0.132. The van der Waals surface area contributed by atoms with E-state index in [0.717, 1.165) is 19.5 Å². The Morgan fingerprint density at radius 2 is 2.19 bits per heavy atom. The van der Waals surface area contributed by atoms with Gasteiger partial charge < -0.3 is 10.6 Å². The van der Waals surface area contributed by atoms with Gasteiger partial charge in [-0.3, -0.25) is 9.69 Å². The Balaban J connectivity index is 2.39. The van der Waals surface area contributed by atoms with Gasteiger partial charge in [0.25, 0.3) is 0 Å². The van der Waals surface area contributed by atoms with Crippen LogP contribution in [-0.2, 0) is 4.79 Å². The lowest BCUT2D eigenvalue weighted by Gasteiger charge is -2.32. The van der Waals surface area contributed by atoms with Gasteiger partial charge in [-0.25, -0.2) is 0 Å². The third kappa shape index (κ3) is 3.46. The molecule has 4 nitrogen and oxygen atoms in total. The highest BCUT2D eigenvalue weighted by Crippen LogP contribution is 2.27. The molecule has 1 rings (SSSR count). The van der Waals surface area contributed by atoms with E-state index < -0.39 is 0 Å². The predicted molar refractivity (Wildman–Crippen MR) is 66.2 cm³/mol. The van der Waals surface area contributed by atoms with E-state index in [2.05, 4.69) is 18.7 Å². The minimum atomic E-state index is 0.185. The van der Waals surface area contributed by atoms with Crippen molar-refractivity contribution in [3.63, 3.8) is 0 Å². The summed E-state index contributed by atoms with van der Waals surface area (Å²) in [6.07, 6.45) is 3.27. The Hall–Kier alpha value is -0.610. The molecule has 1 fully saturated rings. The van der Waals surface area contributed by atoms with E-state index in [1.54, 1.807) is 4.90 Å². The summed E-state index contributed by atoms with van der Waals surface area (Å²) in [5.41, 5.74) is 5.62. The molecule has 2 N–H and O–H groups in total. The topological polar surface area (TPSA) is 49.6 Å². The number of carbonyl (C=O) groups excluding carboxylic acids is 1. The van der Waals surface area contributed by atoms with Crippen molar-refractivity contribution in [2.24, 2.45) is 5.73 Å². The molecule has 1 aliphatic heterocycles. The minimum Gasteiger partial charge on any atom is -0.345 e. The molecule has 0 saturated carbocycles. The molecule has 4 heteroatoms. The average molecular weight is 227 g/mol. The van der Waals surface area contributed by atoms with Crippen molar-refractivity contribution < 1.29 is 4.79 Å². The van der Waals surface area contributed by atoms with Crippen LogP contribution in [0.25, 0.3) is 0 Å². The largest absolute Gasteiger partial charge is 0.345 e. The van der Waals surface area contributed by atoms with E-state index >= 15 is 0 Å². The van der Waals surface area contributed by atoms with E-state index in [0.29, 0.717) is 13.1 Å². The maximum absolute atomic E-state index is 11.9. The second-order valence-electron chi connectivity index (χ2n) is 5.30. The first-order valence-electron chi connectivity index (χ1n) is 6.16. The van der Waals surface area contributed by atoms with Crippen LogP contribution < -0.4 is 5.73 Å². The Kier molecular flexibility index (Phi) is 4.74. The highest BCUT2D eigenvalue weighted by atomic mass is 16.2. The summed E-state index contributed by atoms with van der Waals surface area (Å²) in [5.74, 6) is 0.212. The Labute approximate surface area is 98.8 Å². The summed E-state index contributed by atoms with van der Waals surface area (Å²) in [7, 11) is 1.86. The van der Waals surface area contributed by atoms with Gasteiger partial charge in [0.1, 0.15) is 0 Å². The van der Waals surface area contributed by atoms with Crippen LogP contribution in [0, 0.1) is 0 Å². The molecule has 94 valence electrons. The third-order valence-electron chi connectivity index (χ3n) is 3.52. The first kappa shape index (κ1) is 13.5. The smallest absolute Gasteiger partial charge is 0.236 e. The van der Waals surface area contributed by atoms with Gasteiger partial charge in [-0.15, -0.1) is 0 Å². The third-order valence-corrected chi connectivity index (χ3v) is 3.52. The summed E-state index contributed by atoms with van der Waals surface area (Å²) in [6, 6.07) is 0. The molecule has 1 heterocycles. The predicted octanol–water partition coefficient (Wildman–Crippen LogP) is 0.668. The van der Waals surface area contributed by atoms with E-state index in [1.807, 2.05) is 7.05 Å². The Bertz CT molecular complexity index is 240. The number of nitrogens with two attached hydrogens (primary N) is 1. The van der Waals surface area contributed by atoms with Crippen molar-refractivity contribution in [3.05, 3.63) is 0 Å². The molecular formula is C12H25N3O. The summed E-state index contributed by atoms with van der Waals surface area (Å²) in [5, 5.41) is 0. The fourth-order valence-corrected chi connectivity index (χ4v) is 2.19. The van der Waals surface area contributed by atoms with E-state index in [4.69, 9.17) is 5.73 Å². The van der Waals surface area contributed by atoms with Gasteiger partial charge in [-0.05, 0) is 46.2 Å².